The van der Waals surface area contributed by atoms with Crippen molar-refractivity contribution in [2.45, 2.75) is 27.7 Å². The smallest absolute Gasteiger partial charge is 0.160 e. The summed E-state index contributed by atoms with van der Waals surface area (Å²) in [4.78, 5) is 10.2. The minimum atomic E-state index is 0.716. The highest BCUT2D eigenvalue weighted by Crippen LogP contribution is 2.40. The van der Waals surface area contributed by atoms with Gasteiger partial charge in [-0.3, -0.25) is 0 Å². The fourth-order valence-electron chi connectivity index (χ4n) is 11.2. The fourth-order valence-corrected chi connectivity index (χ4v) is 11.2. The number of para-hydroxylation sites is 2. The summed E-state index contributed by atoms with van der Waals surface area (Å²) in [5, 5.41) is 7.45. The van der Waals surface area contributed by atoms with Gasteiger partial charge in [0, 0.05) is 66.1 Å². The lowest BCUT2D eigenvalue weighted by Crippen LogP contribution is -1.96. The minimum Gasteiger partial charge on any atom is -0.309 e. The molecule has 14 aromatic rings. The molecule has 73 heavy (non-hydrogen) atoms. The van der Waals surface area contributed by atoms with Gasteiger partial charge in [0.2, 0.25) is 0 Å². The molecule has 0 N–H and O–H groups in total. The average molecular weight is 936 g/mol. The largest absolute Gasteiger partial charge is 0.309 e. The molecule has 0 unspecified atom stereocenters. The fraction of sp³-hybridized carbons (Fsp3) is 0.0588. The van der Waals surface area contributed by atoms with E-state index in [0.29, 0.717) is 5.82 Å². The van der Waals surface area contributed by atoms with E-state index in [0.717, 1.165) is 67.3 Å². The highest BCUT2D eigenvalue weighted by atomic mass is 15.0. The first-order chi connectivity index (χ1) is 35.8. The summed E-state index contributed by atoms with van der Waals surface area (Å²) in [6.45, 7) is 8.57. The first-order valence-electron chi connectivity index (χ1n) is 25.1. The number of hydrogen-bond donors (Lipinski definition) is 0. The van der Waals surface area contributed by atoms with Crippen LogP contribution in [0.1, 0.15) is 22.3 Å². The van der Waals surface area contributed by atoms with E-state index in [1.807, 2.05) is 0 Å². The summed E-state index contributed by atoms with van der Waals surface area (Å²) in [6.07, 6.45) is 0. The maximum atomic E-state index is 5.12. The molecule has 5 nitrogen and oxygen atoms in total. The van der Waals surface area contributed by atoms with Gasteiger partial charge < -0.3 is 13.7 Å². The molecule has 14 rings (SSSR count). The Hall–Kier alpha value is -9.32. The SMILES string of the molecule is Cc1ccc(-c2cc(-c3ccc(-c4ccc(-n5c6ccc(-n7c8ccccc8c8cc(C)ccc87)cc6c6cc(-n7c8ccccc8c8cc(C)ccc87)ccc65)cc4)cc3)nc(-c3ccc(C)cc3)n2)cc1. The maximum absolute atomic E-state index is 5.12. The van der Waals surface area contributed by atoms with Crippen LogP contribution in [0.2, 0.25) is 0 Å². The number of benzene rings is 10. The van der Waals surface area contributed by atoms with Gasteiger partial charge in [0.25, 0.3) is 0 Å². The van der Waals surface area contributed by atoms with E-state index in [-0.39, 0.29) is 0 Å². The molecule has 10 aromatic carbocycles. The highest BCUT2D eigenvalue weighted by molar-refractivity contribution is 6.14. The van der Waals surface area contributed by atoms with Gasteiger partial charge in [0.05, 0.1) is 44.5 Å². The highest BCUT2D eigenvalue weighted by Gasteiger charge is 2.20. The summed E-state index contributed by atoms with van der Waals surface area (Å²) in [5.74, 6) is 0.716. The van der Waals surface area contributed by atoms with E-state index in [1.165, 1.54) is 76.6 Å². The third kappa shape index (κ3) is 7.07. The first kappa shape index (κ1) is 42.5. The van der Waals surface area contributed by atoms with Crippen LogP contribution in [0.5, 0.6) is 0 Å². The molecule has 0 saturated heterocycles. The predicted molar refractivity (Wildman–Crippen MR) is 306 cm³/mol. The summed E-state index contributed by atoms with van der Waals surface area (Å²) >= 11 is 0. The lowest BCUT2D eigenvalue weighted by Gasteiger charge is -2.12. The number of aromatic nitrogens is 5. The number of fused-ring (bicyclic) bond motifs is 9. The molecule has 346 valence electrons. The van der Waals surface area contributed by atoms with Crippen LogP contribution in [0, 0.1) is 27.7 Å². The zero-order valence-corrected chi connectivity index (χ0v) is 41.1. The topological polar surface area (TPSA) is 40.6 Å². The van der Waals surface area contributed by atoms with Crippen molar-refractivity contribution in [3.63, 3.8) is 0 Å². The molecule has 0 atom stereocenters. The van der Waals surface area contributed by atoms with Crippen LogP contribution in [0.15, 0.2) is 224 Å². The molecule has 4 aromatic heterocycles. The molecule has 0 aliphatic heterocycles. The second-order valence-corrected chi connectivity index (χ2v) is 19.8. The van der Waals surface area contributed by atoms with Crippen LogP contribution in [0.4, 0.5) is 0 Å². The molecule has 0 spiro atoms. The lowest BCUT2D eigenvalue weighted by atomic mass is 10.0. The Bertz CT molecular complexity index is 4250. The van der Waals surface area contributed by atoms with Crippen molar-refractivity contribution in [3.8, 4) is 62.1 Å². The van der Waals surface area contributed by atoms with Gasteiger partial charge in [-0.1, -0.05) is 156 Å². The van der Waals surface area contributed by atoms with Crippen LogP contribution in [-0.2, 0) is 0 Å². The van der Waals surface area contributed by atoms with E-state index in [1.54, 1.807) is 0 Å². The Kier molecular flexibility index (Phi) is 9.70. The van der Waals surface area contributed by atoms with Gasteiger partial charge in [0.1, 0.15) is 0 Å². The number of hydrogen-bond acceptors (Lipinski definition) is 2. The quantitative estimate of drug-likeness (QED) is 0.160. The Morgan fingerprint density at radius 2 is 0.575 bits per heavy atom. The zero-order valence-electron chi connectivity index (χ0n) is 41.1. The van der Waals surface area contributed by atoms with Gasteiger partial charge in [-0.25, -0.2) is 9.97 Å². The van der Waals surface area contributed by atoms with Crippen molar-refractivity contribution in [2.24, 2.45) is 0 Å². The van der Waals surface area contributed by atoms with E-state index >= 15 is 0 Å². The zero-order chi connectivity index (χ0) is 48.9. The molecule has 0 amide bonds. The van der Waals surface area contributed by atoms with Crippen LogP contribution in [0.3, 0.4) is 0 Å². The summed E-state index contributed by atoms with van der Waals surface area (Å²) < 4.78 is 7.30. The van der Waals surface area contributed by atoms with Crippen LogP contribution < -0.4 is 0 Å². The lowest BCUT2D eigenvalue weighted by molar-refractivity contribution is 1.16. The molecule has 0 bridgehead atoms. The van der Waals surface area contributed by atoms with E-state index < -0.39 is 0 Å². The minimum absolute atomic E-state index is 0.716. The third-order valence-electron chi connectivity index (χ3n) is 14.9. The number of rotatable bonds is 7. The predicted octanol–water partition coefficient (Wildman–Crippen LogP) is 17.7. The monoisotopic (exact) mass is 935 g/mol. The van der Waals surface area contributed by atoms with Crippen LogP contribution >= 0.6 is 0 Å². The van der Waals surface area contributed by atoms with Crippen molar-refractivity contribution >= 4 is 65.4 Å². The molecule has 4 heterocycles. The Morgan fingerprint density at radius 1 is 0.247 bits per heavy atom. The van der Waals surface area contributed by atoms with E-state index in [9.17, 15) is 0 Å². The average Bonchev–Trinajstić information content (AvgIpc) is 4.07. The van der Waals surface area contributed by atoms with Crippen molar-refractivity contribution < 1.29 is 0 Å². The van der Waals surface area contributed by atoms with Crippen LogP contribution in [-0.4, -0.2) is 23.7 Å². The van der Waals surface area contributed by atoms with E-state index in [4.69, 9.17) is 9.97 Å². The number of aryl methyl sites for hydroxylation is 4. The van der Waals surface area contributed by atoms with E-state index in [2.05, 4.69) is 266 Å². The van der Waals surface area contributed by atoms with Gasteiger partial charge >= 0.3 is 0 Å². The molecule has 0 aliphatic rings. The molecule has 0 aliphatic carbocycles. The van der Waals surface area contributed by atoms with Crippen molar-refractivity contribution in [3.05, 3.63) is 247 Å². The standard InChI is InChI=1S/C68H49N5/c1-42-13-19-48(20-14-42)60-41-61(70-68(69-60)50-21-15-43(2)16-22-50)49-25-23-46(24-26-49)47-27-29-51(30-28-47)71-66-35-31-52(72-62-11-7-5-9-54(62)56-37-44(3)17-33-64(56)72)39-58(66)59-40-53(32-36-67(59)71)73-63-12-8-6-10-55(63)57-38-45(4)18-34-65(57)73/h5-41H,1-4H3. The molecular weight excluding hydrogens is 887 g/mol. The third-order valence-corrected chi connectivity index (χ3v) is 14.9. The maximum Gasteiger partial charge on any atom is 0.160 e. The first-order valence-corrected chi connectivity index (χ1v) is 25.1. The molecule has 5 heteroatoms. The second kappa shape index (κ2) is 16.6. The number of nitrogens with zero attached hydrogens (tertiary/aromatic N) is 5. The Morgan fingerprint density at radius 3 is 1.05 bits per heavy atom. The summed E-state index contributed by atoms with van der Waals surface area (Å²) in [5.41, 5.74) is 22.6. The summed E-state index contributed by atoms with van der Waals surface area (Å²) in [7, 11) is 0. The summed E-state index contributed by atoms with van der Waals surface area (Å²) in [6, 6.07) is 82.2. The van der Waals surface area contributed by atoms with Crippen LogP contribution in [0.25, 0.3) is 128 Å². The van der Waals surface area contributed by atoms with Crippen molar-refractivity contribution in [1.29, 1.82) is 0 Å². The molecule has 0 fully saturated rings. The van der Waals surface area contributed by atoms with Crippen molar-refractivity contribution in [2.75, 3.05) is 0 Å². The normalized spacial score (nSPS) is 11.8. The second-order valence-electron chi connectivity index (χ2n) is 19.8. The van der Waals surface area contributed by atoms with Gasteiger partial charge in [0.15, 0.2) is 5.82 Å². The van der Waals surface area contributed by atoms with Gasteiger partial charge in [-0.15, -0.1) is 0 Å². The Balaban J connectivity index is 0.888. The molecule has 0 saturated carbocycles. The Labute approximate surface area is 423 Å². The molecular formula is C68H49N5. The van der Waals surface area contributed by atoms with Gasteiger partial charge in [-0.2, -0.15) is 0 Å². The van der Waals surface area contributed by atoms with Gasteiger partial charge in [-0.05, 0) is 130 Å². The molecule has 0 radical (unpaired) electrons. The van der Waals surface area contributed by atoms with Crippen molar-refractivity contribution in [1.82, 2.24) is 23.7 Å².